The summed E-state index contributed by atoms with van der Waals surface area (Å²) in [5, 5.41) is 10.3. The molecule has 2 rings (SSSR count). The number of methoxy groups -OCH3 is 1. The molecule has 0 saturated heterocycles. The van der Waals surface area contributed by atoms with Gasteiger partial charge in [-0.2, -0.15) is 0 Å². The Bertz CT molecular complexity index is 517. The van der Waals surface area contributed by atoms with Crippen LogP contribution < -0.4 is 4.74 Å². The van der Waals surface area contributed by atoms with Crippen molar-refractivity contribution in [3.05, 3.63) is 65.2 Å². The van der Waals surface area contributed by atoms with Crippen LogP contribution in [0, 0.1) is 6.92 Å². The van der Waals surface area contributed by atoms with Gasteiger partial charge in [0, 0.05) is 5.56 Å². The molecule has 1 atom stereocenters. The van der Waals surface area contributed by atoms with E-state index in [1.807, 2.05) is 24.3 Å². The molecule has 0 spiro atoms. The standard InChI is InChI=1S/C17H20O2/c1-13-7-9-14(10-8-13)11-12-16(18)15-5-3-4-6-17(15)19-2/h3-10,16,18H,11-12H2,1-2H3. The summed E-state index contributed by atoms with van der Waals surface area (Å²) >= 11 is 0. The molecule has 2 aromatic carbocycles. The zero-order valence-corrected chi connectivity index (χ0v) is 11.5. The molecule has 0 fully saturated rings. The van der Waals surface area contributed by atoms with E-state index in [0.29, 0.717) is 6.42 Å². The summed E-state index contributed by atoms with van der Waals surface area (Å²) in [7, 11) is 1.63. The fourth-order valence-corrected chi connectivity index (χ4v) is 2.16. The lowest BCUT2D eigenvalue weighted by Gasteiger charge is -2.14. The number of aryl methyl sites for hydroxylation is 2. The topological polar surface area (TPSA) is 29.5 Å². The number of para-hydroxylation sites is 1. The van der Waals surface area contributed by atoms with Gasteiger partial charge in [0.05, 0.1) is 13.2 Å². The minimum Gasteiger partial charge on any atom is -0.496 e. The second kappa shape index (κ2) is 6.39. The average Bonchev–Trinajstić information content (AvgIpc) is 2.46. The van der Waals surface area contributed by atoms with Crippen LogP contribution in [0.2, 0.25) is 0 Å². The van der Waals surface area contributed by atoms with E-state index in [2.05, 4.69) is 31.2 Å². The molecular formula is C17H20O2. The van der Waals surface area contributed by atoms with E-state index in [-0.39, 0.29) is 0 Å². The molecule has 1 unspecified atom stereocenters. The first-order valence-electron chi connectivity index (χ1n) is 6.57. The summed E-state index contributed by atoms with van der Waals surface area (Å²) < 4.78 is 5.27. The summed E-state index contributed by atoms with van der Waals surface area (Å²) in [6.45, 7) is 2.08. The first-order valence-corrected chi connectivity index (χ1v) is 6.57. The summed E-state index contributed by atoms with van der Waals surface area (Å²) in [5.74, 6) is 0.749. The Kier molecular flexibility index (Phi) is 4.58. The lowest BCUT2D eigenvalue weighted by molar-refractivity contribution is 0.163. The number of aliphatic hydroxyl groups is 1. The van der Waals surface area contributed by atoms with Crippen LogP contribution in [-0.4, -0.2) is 12.2 Å². The number of rotatable bonds is 5. The van der Waals surface area contributed by atoms with Crippen LogP contribution >= 0.6 is 0 Å². The van der Waals surface area contributed by atoms with E-state index in [9.17, 15) is 5.11 Å². The van der Waals surface area contributed by atoms with E-state index in [1.165, 1.54) is 11.1 Å². The molecule has 0 heterocycles. The van der Waals surface area contributed by atoms with Gasteiger partial charge in [0.1, 0.15) is 5.75 Å². The molecule has 0 aliphatic carbocycles. The predicted molar refractivity (Wildman–Crippen MR) is 77.5 cm³/mol. The van der Waals surface area contributed by atoms with Crippen LogP contribution in [0.3, 0.4) is 0 Å². The number of hydrogen-bond donors (Lipinski definition) is 1. The Hall–Kier alpha value is -1.80. The molecule has 0 aromatic heterocycles. The predicted octanol–water partition coefficient (Wildman–Crippen LogP) is 3.67. The maximum Gasteiger partial charge on any atom is 0.124 e. The van der Waals surface area contributed by atoms with E-state index in [4.69, 9.17) is 4.74 Å². The molecule has 2 nitrogen and oxygen atoms in total. The Morgan fingerprint density at radius 3 is 2.42 bits per heavy atom. The zero-order chi connectivity index (χ0) is 13.7. The van der Waals surface area contributed by atoms with Crippen LogP contribution in [0.15, 0.2) is 48.5 Å². The number of ether oxygens (including phenoxy) is 1. The quantitative estimate of drug-likeness (QED) is 0.884. The first kappa shape index (κ1) is 13.6. The van der Waals surface area contributed by atoms with Gasteiger partial charge in [-0.1, -0.05) is 48.0 Å². The maximum absolute atomic E-state index is 10.3. The normalized spacial score (nSPS) is 12.2. The Balaban J connectivity index is 2.01. The molecule has 19 heavy (non-hydrogen) atoms. The van der Waals surface area contributed by atoms with Gasteiger partial charge < -0.3 is 9.84 Å². The van der Waals surface area contributed by atoms with E-state index >= 15 is 0 Å². The molecule has 0 aliphatic rings. The molecule has 2 aromatic rings. The second-order valence-electron chi connectivity index (χ2n) is 4.78. The molecule has 0 amide bonds. The average molecular weight is 256 g/mol. The Morgan fingerprint density at radius 2 is 1.74 bits per heavy atom. The van der Waals surface area contributed by atoms with E-state index in [1.54, 1.807) is 7.11 Å². The molecule has 2 heteroatoms. The van der Waals surface area contributed by atoms with Crippen molar-refractivity contribution in [2.45, 2.75) is 25.9 Å². The smallest absolute Gasteiger partial charge is 0.124 e. The highest BCUT2D eigenvalue weighted by Crippen LogP contribution is 2.27. The van der Waals surface area contributed by atoms with Gasteiger partial charge in [-0.3, -0.25) is 0 Å². The third kappa shape index (κ3) is 3.58. The van der Waals surface area contributed by atoms with Crippen molar-refractivity contribution in [3.8, 4) is 5.75 Å². The minimum atomic E-state index is -0.488. The van der Waals surface area contributed by atoms with Crippen molar-refractivity contribution in [2.75, 3.05) is 7.11 Å². The van der Waals surface area contributed by atoms with Crippen LogP contribution in [0.4, 0.5) is 0 Å². The second-order valence-corrected chi connectivity index (χ2v) is 4.78. The lowest BCUT2D eigenvalue weighted by atomic mass is 10.00. The number of aliphatic hydroxyl groups excluding tert-OH is 1. The van der Waals surface area contributed by atoms with Crippen molar-refractivity contribution in [2.24, 2.45) is 0 Å². The molecule has 0 aliphatic heterocycles. The van der Waals surface area contributed by atoms with Gasteiger partial charge in [0.15, 0.2) is 0 Å². The summed E-state index contributed by atoms with van der Waals surface area (Å²) in [6, 6.07) is 16.1. The zero-order valence-electron chi connectivity index (χ0n) is 11.5. The van der Waals surface area contributed by atoms with Crippen molar-refractivity contribution < 1.29 is 9.84 Å². The van der Waals surface area contributed by atoms with Gasteiger partial charge in [-0.15, -0.1) is 0 Å². The molecule has 100 valence electrons. The van der Waals surface area contributed by atoms with Crippen molar-refractivity contribution in [3.63, 3.8) is 0 Å². The van der Waals surface area contributed by atoms with E-state index < -0.39 is 6.10 Å². The van der Waals surface area contributed by atoms with Crippen molar-refractivity contribution in [1.82, 2.24) is 0 Å². The third-order valence-corrected chi connectivity index (χ3v) is 3.32. The summed E-state index contributed by atoms with van der Waals surface area (Å²) in [4.78, 5) is 0. The van der Waals surface area contributed by atoms with Gasteiger partial charge in [0.25, 0.3) is 0 Å². The molecule has 1 N–H and O–H groups in total. The molecule has 0 saturated carbocycles. The van der Waals surface area contributed by atoms with Crippen LogP contribution in [0.5, 0.6) is 5.75 Å². The monoisotopic (exact) mass is 256 g/mol. The van der Waals surface area contributed by atoms with Gasteiger partial charge in [-0.25, -0.2) is 0 Å². The highest BCUT2D eigenvalue weighted by molar-refractivity contribution is 5.35. The lowest BCUT2D eigenvalue weighted by Crippen LogP contribution is -2.02. The minimum absolute atomic E-state index is 0.488. The van der Waals surface area contributed by atoms with Crippen molar-refractivity contribution >= 4 is 0 Å². The van der Waals surface area contributed by atoms with Crippen LogP contribution in [0.25, 0.3) is 0 Å². The first-order chi connectivity index (χ1) is 9.20. The van der Waals surface area contributed by atoms with Gasteiger partial charge in [0.2, 0.25) is 0 Å². The number of hydrogen-bond acceptors (Lipinski definition) is 2. The van der Waals surface area contributed by atoms with Gasteiger partial charge >= 0.3 is 0 Å². The maximum atomic E-state index is 10.3. The molecule has 0 bridgehead atoms. The molecular weight excluding hydrogens is 236 g/mol. The summed E-state index contributed by atoms with van der Waals surface area (Å²) in [6.07, 6.45) is 1.07. The Morgan fingerprint density at radius 1 is 1.05 bits per heavy atom. The van der Waals surface area contributed by atoms with E-state index in [0.717, 1.165) is 17.7 Å². The Labute approximate surface area is 114 Å². The fraction of sp³-hybridized carbons (Fsp3) is 0.294. The van der Waals surface area contributed by atoms with Crippen molar-refractivity contribution in [1.29, 1.82) is 0 Å². The highest BCUT2D eigenvalue weighted by Gasteiger charge is 2.12. The molecule has 0 radical (unpaired) electrons. The van der Waals surface area contributed by atoms with Gasteiger partial charge in [-0.05, 0) is 31.4 Å². The number of benzene rings is 2. The summed E-state index contributed by atoms with van der Waals surface area (Å²) in [5.41, 5.74) is 3.37. The fourth-order valence-electron chi connectivity index (χ4n) is 2.16. The largest absolute Gasteiger partial charge is 0.496 e. The van der Waals surface area contributed by atoms with Crippen LogP contribution in [-0.2, 0) is 6.42 Å². The van der Waals surface area contributed by atoms with Crippen LogP contribution in [0.1, 0.15) is 29.2 Å². The third-order valence-electron chi connectivity index (χ3n) is 3.32. The SMILES string of the molecule is COc1ccccc1C(O)CCc1ccc(C)cc1. The highest BCUT2D eigenvalue weighted by atomic mass is 16.5.